The van der Waals surface area contributed by atoms with Gasteiger partial charge in [-0.2, -0.15) is 0 Å². The minimum absolute atomic E-state index is 0.141. The van der Waals surface area contributed by atoms with E-state index in [1.165, 1.54) is 25.7 Å². The van der Waals surface area contributed by atoms with E-state index < -0.39 is 0 Å². The molecule has 3 nitrogen and oxygen atoms in total. The number of rotatable bonds is 7. The molecule has 1 aromatic rings. The van der Waals surface area contributed by atoms with Gasteiger partial charge in [0.2, 0.25) is 0 Å². The summed E-state index contributed by atoms with van der Waals surface area (Å²) in [6.07, 6.45) is 5.40. The molecular formula is C16H22ClNO2. The molecule has 0 saturated heterocycles. The van der Waals surface area contributed by atoms with Gasteiger partial charge in [0.1, 0.15) is 0 Å². The van der Waals surface area contributed by atoms with Crippen molar-refractivity contribution in [1.29, 1.82) is 0 Å². The van der Waals surface area contributed by atoms with E-state index >= 15 is 0 Å². The zero-order chi connectivity index (χ0) is 14.4. The maximum Gasteiger partial charge on any atom is 0.164 e. The van der Waals surface area contributed by atoms with Gasteiger partial charge in [0.25, 0.3) is 0 Å². The van der Waals surface area contributed by atoms with Gasteiger partial charge in [-0.25, -0.2) is 0 Å². The second-order valence-electron chi connectivity index (χ2n) is 5.38. The Morgan fingerprint density at radius 1 is 1.20 bits per heavy atom. The molecule has 4 heteroatoms. The van der Waals surface area contributed by atoms with Gasteiger partial charge in [-0.15, -0.1) is 0 Å². The summed E-state index contributed by atoms with van der Waals surface area (Å²) < 4.78 is 0. The molecule has 1 saturated carbocycles. The van der Waals surface area contributed by atoms with Crippen molar-refractivity contribution in [3.8, 4) is 0 Å². The van der Waals surface area contributed by atoms with E-state index in [0.29, 0.717) is 29.6 Å². The standard InChI is InChI=1S/C16H22ClNO2/c17-14-7-5-13(6-8-14)16(20)9-10-18(11-12-19)15-3-1-2-4-15/h5-8,15,19H,1-4,9-12H2. The molecule has 110 valence electrons. The minimum atomic E-state index is 0.141. The molecule has 1 N–H and O–H groups in total. The summed E-state index contributed by atoms with van der Waals surface area (Å²) in [5, 5.41) is 9.82. The Labute approximate surface area is 125 Å². The van der Waals surface area contributed by atoms with Gasteiger partial charge in [-0.3, -0.25) is 9.69 Å². The monoisotopic (exact) mass is 295 g/mol. The molecule has 0 aromatic heterocycles. The van der Waals surface area contributed by atoms with Gasteiger partial charge < -0.3 is 5.11 Å². The topological polar surface area (TPSA) is 40.5 Å². The smallest absolute Gasteiger partial charge is 0.164 e. The van der Waals surface area contributed by atoms with Crippen molar-refractivity contribution in [2.24, 2.45) is 0 Å². The SMILES string of the molecule is O=C(CCN(CCO)C1CCCC1)c1ccc(Cl)cc1. The van der Waals surface area contributed by atoms with Crippen LogP contribution in [0, 0.1) is 0 Å². The van der Waals surface area contributed by atoms with Crippen LogP contribution in [0.3, 0.4) is 0 Å². The average Bonchev–Trinajstić information content (AvgIpc) is 2.98. The van der Waals surface area contributed by atoms with Crippen molar-refractivity contribution in [1.82, 2.24) is 4.90 Å². The molecule has 1 fully saturated rings. The first kappa shape index (κ1) is 15.5. The van der Waals surface area contributed by atoms with E-state index in [1.807, 2.05) is 0 Å². The third-order valence-corrected chi connectivity index (χ3v) is 4.27. The molecule has 1 aliphatic carbocycles. The van der Waals surface area contributed by atoms with Crippen LogP contribution < -0.4 is 0 Å². The number of carbonyl (C=O) groups excluding carboxylic acids is 1. The van der Waals surface area contributed by atoms with Crippen LogP contribution in [0.5, 0.6) is 0 Å². The van der Waals surface area contributed by atoms with Gasteiger partial charge in [-0.1, -0.05) is 24.4 Å². The van der Waals surface area contributed by atoms with Crippen molar-refractivity contribution in [2.45, 2.75) is 38.1 Å². The van der Waals surface area contributed by atoms with Crippen molar-refractivity contribution >= 4 is 17.4 Å². The Morgan fingerprint density at radius 2 is 1.85 bits per heavy atom. The van der Waals surface area contributed by atoms with Gasteiger partial charge in [0.15, 0.2) is 5.78 Å². The molecule has 0 spiro atoms. The van der Waals surface area contributed by atoms with Crippen LogP contribution in [0.4, 0.5) is 0 Å². The molecule has 0 aliphatic heterocycles. The summed E-state index contributed by atoms with van der Waals surface area (Å²) in [6.45, 7) is 1.55. The summed E-state index contributed by atoms with van der Waals surface area (Å²) in [4.78, 5) is 14.4. The van der Waals surface area contributed by atoms with Crippen LogP contribution in [-0.4, -0.2) is 41.5 Å². The quantitative estimate of drug-likeness (QED) is 0.786. The first-order valence-corrected chi connectivity index (χ1v) is 7.72. The lowest BCUT2D eigenvalue weighted by molar-refractivity contribution is 0.0934. The van der Waals surface area contributed by atoms with Crippen molar-refractivity contribution in [2.75, 3.05) is 19.7 Å². The zero-order valence-electron chi connectivity index (χ0n) is 11.7. The number of halogens is 1. The first-order valence-electron chi connectivity index (χ1n) is 7.34. The lowest BCUT2D eigenvalue weighted by Crippen LogP contribution is -2.37. The highest BCUT2D eigenvalue weighted by molar-refractivity contribution is 6.30. The molecule has 0 heterocycles. The molecule has 0 radical (unpaired) electrons. The molecule has 0 atom stereocenters. The number of hydrogen-bond acceptors (Lipinski definition) is 3. The first-order chi connectivity index (χ1) is 9.70. The van der Waals surface area contributed by atoms with Crippen LogP contribution >= 0.6 is 11.6 Å². The maximum absolute atomic E-state index is 12.1. The predicted octanol–water partition coefficient (Wildman–Crippen LogP) is 3.15. The van der Waals surface area contributed by atoms with E-state index in [4.69, 9.17) is 16.7 Å². The summed E-state index contributed by atoms with van der Waals surface area (Å²) >= 11 is 5.82. The van der Waals surface area contributed by atoms with Crippen molar-refractivity contribution in [3.63, 3.8) is 0 Å². The van der Waals surface area contributed by atoms with E-state index in [-0.39, 0.29) is 12.4 Å². The fourth-order valence-corrected chi connectivity index (χ4v) is 3.03. The summed E-state index contributed by atoms with van der Waals surface area (Å²) in [5.74, 6) is 0.141. The van der Waals surface area contributed by atoms with E-state index in [2.05, 4.69) is 4.90 Å². The van der Waals surface area contributed by atoms with E-state index in [0.717, 1.165) is 6.54 Å². The lowest BCUT2D eigenvalue weighted by Gasteiger charge is -2.27. The molecule has 2 rings (SSSR count). The number of benzene rings is 1. The predicted molar refractivity (Wildman–Crippen MR) is 81.3 cm³/mol. The zero-order valence-corrected chi connectivity index (χ0v) is 12.5. The molecule has 0 bridgehead atoms. The summed E-state index contributed by atoms with van der Waals surface area (Å²) in [7, 11) is 0. The van der Waals surface area contributed by atoms with Gasteiger partial charge in [-0.05, 0) is 37.1 Å². The van der Waals surface area contributed by atoms with Crippen molar-refractivity contribution in [3.05, 3.63) is 34.9 Å². The Kier molecular flexibility index (Phi) is 6.02. The third-order valence-electron chi connectivity index (χ3n) is 4.02. The van der Waals surface area contributed by atoms with Crippen LogP contribution in [0.1, 0.15) is 42.5 Å². The number of nitrogens with zero attached hydrogens (tertiary/aromatic N) is 1. The molecule has 0 amide bonds. The number of ketones is 1. The molecule has 0 unspecified atom stereocenters. The van der Waals surface area contributed by atoms with Crippen LogP contribution in [0.15, 0.2) is 24.3 Å². The number of aliphatic hydroxyl groups excluding tert-OH is 1. The Bertz CT molecular complexity index is 427. The summed E-state index contributed by atoms with van der Waals surface area (Å²) in [5.41, 5.74) is 0.713. The van der Waals surface area contributed by atoms with E-state index in [9.17, 15) is 4.79 Å². The highest BCUT2D eigenvalue weighted by Gasteiger charge is 2.22. The number of carbonyl (C=O) groups is 1. The van der Waals surface area contributed by atoms with Crippen LogP contribution in [0.2, 0.25) is 5.02 Å². The lowest BCUT2D eigenvalue weighted by atomic mass is 10.1. The average molecular weight is 296 g/mol. The van der Waals surface area contributed by atoms with Gasteiger partial charge in [0.05, 0.1) is 6.61 Å². The highest BCUT2D eigenvalue weighted by atomic mass is 35.5. The maximum atomic E-state index is 12.1. The highest BCUT2D eigenvalue weighted by Crippen LogP contribution is 2.23. The molecule has 20 heavy (non-hydrogen) atoms. The fraction of sp³-hybridized carbons (Fsp3) is 0.562. The second kappa shape index (κ2) is 7.77. The minimum Gasteiger partial charge on any atom is -0.395 e. The second-order valence-corrected chi connectivity index (χ2v) is 5.81. The largest absolute Gasteiger partial charge is 0.395 e. The Hall–Kier alpha value is -0.900. The summed E-state index contributed by atoms with van der Waals surface area (Å²) in [6, 6.07) is 7.59. The van der Waals surface area contributed by atoms with Crippen LogP contribution in [0.25, 0.3) is 0 Å². The fourth-order valence-electron chi connectivity index (χ4n) is 2.90. The number of Topliss-reactive ketones (excluding diaryl/α,β-unsaturated/α-hetero) is 1. The number of hydrogen-bond donors (Lipinski definition) is 1. The van der Waals surface area contributed by atoms with Gasteiger partial charge >= 0.3 is 0 Å². The molecule has 1 aromatic carbocycles. The normalized spacial score (nSPS) is 15.9. The molecular weight excluding hydrogens is 274 g/mol. The number of aliphatic hydroxyl groups is 1. The van der Waals surface area contributed by atoms with Crippen LogP contribution in [-0.2, 0) is 0 Å². The van der Waals surface area contributed by atoms with E-state index in [1.54, 1.807) is 24.3 Å². The third kappa shape index (κ3) is 4.30. The van der Waals surface area contributed by atoms with Gasteiger partial charge in [0, 0.05) is 36.1 Å². The van der Waals surface area contributed by atoms with Crippen molar-refractivity contribution < 1.29 is 9.90 Å². The Balaban J connectivity index is 1.87. The Morgan fingerprint density at radius 3 is 2.45 bits per heavy atom. The molecule has 1 aliphatic rings.